The second-order valence-corrected chi connectivity index (χ2v) is 3.79. The second kappa shape index (κ2) is 6.56. The summed E-state index contributed by atoms with van der Waals surface area (Å²) < 4.78 is 5.24. The highest BCUT2D eigenvalue weighted by Crippen LogP contribution is 2.07. The fourth-order valence-corrected chi connectivity index (χ4v) is 1.62. The van der Waals surface area contributed by atoms with Crippen molar-refractivity contribution in [1.29, 1.82) is 0 Å². The summed E-state index contributed by atoms with van der Waals surface area (Å²) in [7, 11) is 0. The number of ether oxygens (including phenoxy) is 1. The highest BCUT2D eigenvalue weighted by Gasteiger charge is 2.03. The molecule has 0 aromatic carbocycles. The lowest BCUT2D eigenvalue weighted by Crippen LogP contribution is -2.26. The standard InChI is InChI=1S/C10H15NO2S/c1-2-6-13-7-5-11-10(12)9-4-3-8-14-9/h3-4,8H,2,5-7H2,1H3,(H,11,12). The lowest BCUT2D eigenvalue weighted by Gasteiger charge is -2.03. The molecule has 0 spiro atoms. The van der Waals surface area contributed by atoms with Crippen LogP contribution in [0.3, 0.4) is 0 Å². The maximum absolute atomic E-state index is 11.4. The van der Waals surface area contributed by atoms with Crippen molar-refractivity contribution in [1.82, 2.24) is 5.32 Å². The van der Waals surface area contributed by atoms with E-state index in [-0.39, 0.29) is 5.91 Å². The van der Waals surface area contributed by atoms with E-state index in [4.69, 9.17) is 4.74 Å². The largest absolute Gasteiger partial charge is 0.380 e. The van der Waals surface area contributed by atoms with Crippen molar-refractivity contribution in [2.75, 3.05) is 19.8 Å². The first-order valence-corrected chi connectivity index (χ1v) is 5.62. The molecule has 0 saturated carbocycles. The Morgan fingerprint density at radius 2 is 2.43 bits per heavy atom. The number of carbonyl (C=O) groups excluding carboxylic acids is 1. The molecule has 1 amide bonds. The van der Waals surface area contributed by atoms with Crippen LogP contribution >= 0.6 is 11.3 Å². The molecule has 3 nitrogen and oxygen atoms in total. The molecule has 0 fully saturated rings. The third-order valence-electron chi connectivity index (χ3n) is 1.63. The summed E-state index contributed by atoms with van der Waals surface area (Å²) in [5, 5.41) is 4.68. The molecule has 78 valence electrons. The topological polar surface area (TPSA) is 38.3 Å². The average molecular weight is 213 g/mol. The molecular formula is C10H15NO2S. The number of amides is 1. The van der Waals surface area contributed by atoms with E-state index >= 15 is 0 Å². The first-order chi connectivity index (χ1) is 6.84. The van der Waals surface area contributed by atoms with Crippen molar-refractivity contribution in [2.45, 2.75) is 13.3 Å². The van der Waals surface area contributed by atoms with E-state index in [9.17, 15) is 4.79 Å². The van der Waals surface area contributed by atoms with Crippen LogP contribution in [-0.4, -0.2) is 25.7 Å². The molecule has 0 atom stereocenters. The van der Waals surface area contributed by atoms with Crippen LogP contribution in [0.5, 0.6) is 0 Å². The summed E-state index contributed by atoms with van der Waals surface area (Å²) in [5.41, 5.74) is 0. The van der Waals surface area contributed by atoms with Crippen molar-refractivity contribution >= 4 is 17.2 Å². The first-order valence-electron chi connectivity index (χ1n) is 4.74. The van der Waals surface area contributed by atoms with Crippen LogP contribution in [0.15, 0.2) is 17.5 Å². The Kier molecular flexibility index (Phi) is 5.25. The van der Waals surface area contributed by atoms with E-state index in [1.165, 1.54) is 11.3 Å². The molecule has 0 radical (unpaired) electrons. The number of thiophene rings is 1. The summed E-state index contributed by atoms with van der Waals surface area (Å²) >= 11 is 1.45. The third-order valence-corrected chi connectivity index (χ3v) is 2.49. The molecular weight excluding hydrogens is 198 g/mol. The Morgan fingerprint density at radius 3 is 3.07 bits per heavy atom. The van der Waals surface area contributed by atoms with E-state index in [1.54, 1.807) is 0 Å². The Hall–Kier alpha value is -0.870. The molecule has 0 saturated heterocycles. The lowest BCUT2D eigenvalue weighted by atomic mass is 10.4. The molecule has 0 bridgehead atoms. The van der Waals surface area contributed by atoms with Gasteiger partial charge in [-0.25, -0.2) is 0 Å². The lowest BCUT2D eigenvalue weighted by molar-refractivity contribution is 0.0919. The van der Waals surface area contributed by atoms with Gasteiger partial charge in [0.2, 0.25) is 0 Å². The zero-order valence-electron chi connectivity index (χ0n) is 8.29. The van der Waals surface area contributed by atoms with Crippen LogP contribution in [0, 0.1) is 0 Å². The Bertz CT molecular complexity index is 259. The predicted molar refractivity (Wildman–Crippen MR) is 57.8 cm³/mol. The van der Waals surface area contributed by atoms with Gasteiger partial charge in [0.25, 0.3) is 5.91 Å². The van der Waals surface area contributed by atoms with Crippen LogP contribution in [0.2, 0.25) is 0 Å². The summed E-state index contributed by atoms with van der Waals surface area (Å²) in [6, 6.07) is 3.68. The normalized spacial score (nSPS) is 10.1. The summed E-state index contributed by atoms with van der Waals surface area (Å²) in [5.74, 6) is -0.0138. The molecule has 0 aliphatic rings. The molecule has 1 N–H and O–H groups in total. The van der Waals surface area contributed by atoms with Gasteiger partial charge in [-0.2, -0.15) is 0 Å². The van der Waals surface area contributed by atoms with Crippen LogP contribution in [-0.2, 0) is 4.74 Å². The van der Waals surface area contributed by atoms with Gasteiger partial charge in [0.05, 0.1) is 11.5 Å². The fraction of sp³-hybridized carbons (Fsp3) is 0.500. The van der Waals surface area contributed by atoms with Gasteiger partial charge in [0.1, 0.15) is 0 Å². The minimum Gasteiger partial charge on any atom is -0.380 e. The molecule has 14 heavy (non-hydrogen) atoms. The van der Waals surface area contributed by atoms with Crippen molar-refractivity contribution in [3.8, 4) is 0 Å². The SMILES string of the molecule is CCCOCCNC(=O)c1cccs1. The van der Waals surface area contributed by atoms with Crippen LogP contribution < -0.4 is 5.32 Å². The Morgan fingerprint density at radius 1 is 1.57 bits per heavy atom. The van der Waals surface area contributed by atoms with Crippen molar-refractivity contribution in [3.05, 3.63) is 22.4 Å². The molecule has 4 heteroatoms. The van der Waals surface area contributed by atoms with Crippen molar-refractivity contribution < 1.29 is 9.53 Å². The quantitative estimate of drug-likeness (QED) is 0.733. The van der Waals surface area contributed by atoms with Gasteiger partial charge < -0.3 is 10.1 Å². The number of hydrogen-bond donors (Lipinski definition) is 1. The number of rotatable bonds is 6. The van der Waals surface area contributed by atoms with Gasteiger partial charge in [-0.3, -0.25) is 4.79 Å². The van der Waals surface area contributed by atoms with Gasteiger partial charge in [-0.15, -0.1) is 11.3 Å². The molecule has 1 aromatic heterocycles. The number of carbonyl (C=O) groups is 1. The molecule has 1 heterocycles. The predicted octanol–water partition coefficient (Wildman–Crippen LogP) is 1.90. The van der Waals surface area contributed by atoms with Crippen molar-refractivity contribution in [2.24, 2.45) is 0 Å². The first kappa shape index (κ1) is 11.2. The zero-order valence-corrected chi connectivity index (χ0v) is 9.10. The maximum atomic E-state index is 11.4. The van der Waals surface area contributed by atoms with Crippen LogP contribution in [0.25, 0.3) is 0 Å². The second-order valence-electron chi connectivity index (χ2n) is 2.85. The molecule has 0 aliphatic carbocycles. The average Bonchev–Trinajstić information content (AvgIpc) is 2.70. The highest BCUT2D eigenvalue weighted by molar-refractivity contribution is 7.12. The minimum atomic E-state index is -0.0138. The van der Waals surface area contributed by atoms with Crippen molar-refractivity contribution in [3.63, 3.8) is 0 Å². The van der Waals surface area contributed by atoms with Gasteiger partial charge in [0.15, 0.2) is 0 Å². The smallest absolute Gasteiger partial charge is 0.261 e. The van der Waals surface area contributed by atoms with E-state index in [0.29, 0.717) is 13.2 Å². The molecule has 1 aromatic rings. The fourth-order valence-electron chi connectivity index (χ4n) is 0.978. The van der Waals surface area contributed by atoms with E-state index in [1.807, 2.05) is 17.5 Å². The van der Waals surface area contributed by atoms with E-state index < -0.39 is 0 Å². The van der Waals surface area contributed by atoms with Gasteiger partial charge in [0, 0.05) is 13.2 Å². The zero-order chi connectivity index (χ0) is 10.2. The molecule has 0 aliphatic heterocycles. The van der Waals surface area contributed by atoms with E-state index in [2.05, 4.69) is 12.2 Å². The minimum absolute atomic E-state index is 0.0138. The van der Waals surface area contributed by atoms with Crippen LogP contribution in [0.4, 0.5) is 0 Å². The number of nitrogens with one attached hydrogen (secondary N) is 1. The van der Waals surface area contributed by atoms with Crippen LogP contribution in [0.1, 0.15) is 23.0 Å². The molecule has 1 rings (SSSR count). The van der Waals surface area contributed by atoms with Gasteiger partial charge in [-0.1, -0.05) is 13.0 Å². The third kappa shape index (κ3) is 3.89. The molecule has 0 unspecified atom stereocenters. The highest BCUT2D eigenvalue weighted by atomic mass is 32.1. The maximum Gasteiger partial charge on any atom is 0.261 e. The van der Waals surface area contributed by atoms with Gasteiger partial charge in [-0.05, 0) is 17.9 Å². The summed E-state index contributed by atoms with van der Waals surface area (Å²) in [6.07, 6.45) is 1.01. The number of hydrogen-bond acceptors (Lipinski definition) is 3. The Balaban J connectivity index is 2.10. The Labute approximate surface area is 88.1 Å². The van der Waals surface area contributed by atoms with E-state index in [0.717, 1.165) is 17.9 Å². The summed E-state index contributed by atoms with van der Waals surface area (Å²) in [4.78, 5) is 12.1. The van der Waals surface area contributed by atoms with Gasteiger partial charge >= 0.3 is 0 Å². The monoisotopic (exact) mass is 213 g/mol. The summed E-state index contributed by atoms with van der Waals surface area (Å²) in [6.45, 7) is 3.99.